The van der Waals surface area contributed by atoms with Gasteiger partial charge in [0.05, 0.1) is 11.3 Å². The molecule has 96 valence electrons. The summed E-state index contributed by atoms with van der Waals surface area (Å²) in [6.45, 7) is 1.87. The number of rotatable bonds is 3. The third kappa shape index (κ3) is 3.55. The standard InChI is InChI=1S/C13H17N3O2/c17-13(18)11-6-5-7-12(10-11)14-15-16-8-3-1-2-4-9-16/h5-7,10H,1-4,8-9H2,(H,17,18). The van der Waals surface area contributed by atoms with Gasteiger partial charge in [-0.2, -0.15) is 0 Å². The van der Waals surface area contributed by atoms with Crippen molar-refractivity contribution in [1.29, 1.82) is 0 Å². The molecular weight excluding hydrogens is 230 g/mol. The van der Waals surface area contributed by atoms with Crippen LogP contribution in [0.2, 0.25) is 0 Å². The fourth-order valence-corrected chi connectivity index (χ4v) is 1.96. The Morgan fingerprint density at radius 1 is 1.17 bits per heavy atom. The first-order valence-electron chi connectivity index (χ1n) is 6.26. The highest BCUT2D eigenvalue weighted by molar-refractivity contribution is 5.88. The molecule has 0 atom stereocenters. The van der Waals surface area contributed by atoms with Gasteiger partial charge in [0.2, 0.25) is 0 Å². The minimum absolute atomic E-state index is 0.238. The van der Waals surface area contributed by atoms with Gasteiger partial charge in [-0.15, -0.1) is 5.11 Å². The van der Waals surface area contributed by atoms with Gasteiger partial charge < -0.3 is 5.11 Å². The Morgan fingerprint density at radius 2 is 1.89 bits per heavy atom. The van der Waals surface area contributed by atoms with Crippen molar-refractivity contribution in [2.75, 3.05) is 13.1 Å². The molecule has 0 aliphatic carbocycles. The van der Waals surface area contributed by atoms with E-state index in [9.17, 15) is 4.79 Å². The Labute approximate surface area is 106 Å². The minimum Gasteiger partial charge on any atom is -0.478 e. The van der Waals surface area contributed by atoms with E-state index in [0.29, 0.717) is 5.69 Å². The molecule has 1 aromatic carbocycles. The maximum absolute atomic E-state index is 10.8. The average Bonchev–Trinajstić information content (AvgIpc) is 2.65. The summed E-state index contributed by atoms with van der Waals surface area (Å²) >= 11 is 0. The number of carbonyl (C=O) groups is 1. The van der Waals surface area contributed by atoms with Gasteiger partial charge in [-0.3, -0.25) is 5.01 Å². The highest BCUT2D eigenvalue weighted by Gasteiger charge is 2.06. The van der Waals surface area contributed by atoms with Gasteiger partial charge in [-0.25, -0.2) is 4.79 Å². The summed E-state index contributed by atoms with van der Waals surface area (Å²) in [6.07, 6.45) is 4.80. The molecule has 1 aliphatic heterocycles. The molecule has 0 unspecified atom stereocenters. The molecule has 1 heterocycles. The topological polar surface area (TPSA) is 65.3 Å². The van der Waals surface area contributed by atoms with Gasteiger partial charge in [-0.1, -0.05) is 24.1 Å². The number of nitrogens with zero attached hydrogens (tertiary/aromatic N) is 3. The van der Waals surface area contributed by atoms with Crippen LogP contribution in [0.25, 0.3) is 0 Å². The van der Waals surface area contributed by atoms with Gasteiger partial charge in [0.1, 0.15) is 0 Å². The van der Waals surface area contributed by atoms with Crippen molar-refractivity contribution in [3.63, 3.8) is 0 Å². The number of aromatic carboxylic acids is 1. The van der Waals surface area contributed by atoms with Crippen molar-refractivity contribution in [3.05, 3.63) is 29.8 Å². The lowest BCUT2D eigenvalue weighted by Gasteiger charge is -2.13. The summed E-state index contributed by atoms with van der Waals surface area (Å²) in [7, 11) is 0. The number of hydrogen-bond acceptors (Lipinski definition) is 3. The van der Waals surface area contributed by atoms with Crippen LogP contribution < -0.4 is 0 Å². The third-order valence-corrected chi connectivity index (χ3v) is 2.96. The summed E-state index contributed by atoms with van der Waals surface area (Å²) in [4.78, 5) is 10.8. The van der Waals surface area contributed by atoms with Crippen molar-refractivity contribution in [2.45, 2.75) is 25.7 Å². The van der Waals surface area contributed by atoms with E-state index in [1.807, 2.05) is 5.01 Å². The predicted octanol–water partition coefficient (Wildman–Crippen LogP) is 3.26. The number of carboxylic acid groups (broad SMARTS) is 1. The third-order valence-electron chi connectivity index (χ3n) is 2.96. The number of benzene rings is 1. The molecule has 1 N–H and O–H groups in total. The number of carboxylic acids is 1. The first-order chi connectivity index (χ1) is 8.75. The number of hydrogen-bond donors (Lipinski definition) is 1. The molecule has 0 radical (unpaired) electrons. The molecule has 2 rings (SSSR count). The Bertz CT molecular complexity index is 438. The average molecular weight is 247 g/mol. The summed E-state index contributed by atoms with van der Waals surface area (Å²) in [5.41, 5.74) is 0.821. The SMILES string of the molecule is O=C(O)c1cccc(N=NN2CCCCCC2)c1. The van der Waals surface area contributed by atoms with Crippen molar-refractivity contribution < 1.29 is 9.90 Å². The smallest absolute Gasteiger partial charge is 0.335 e. The highest BCUT2D eigenvalue weighted by atomic mass is 16.4. The van der Waals surface area contributed by atoms with E-state index in [0.717, 1.165) is 25.9 Å². The lowest BCUT2D eigenvalue weighted by Crippen LogP contribution is -2.17. The summed E-state index contributed by atoms with van der Waals surface area (Å²) in [5.74, 6) is -0.943. The normalized spacial score (nSPS) is 16.8. The zero-order chi connectivity index (χ0) is 12.8. The maximum atomic E-state index is 10.8. The van der Waals surface area contributed by atoms with Crippen LogP contribution in [0.3, 0.4) is 0 Å². The largest absolute Gasteiger partial charge is 0.478 e. The molecule has 0 bridgehead atoms. The molecule has 1 fully saturated rings. The fraction of sp³-hybridized carbons (Fsp3) is 0.462. The van der Waals surface area contributed by atoms with Crippen LogP contribution in [0.5, 0.6) is 0 Å². The maximum Gasteiger partial charge on any atom is 0.335 e. The van der Waals surface area contributed by atoms with Crippen molar-refractivity contribution in [3.8, 4) is 0 Å². The zero-order valence-electron chi connectivity index (χ0n) is 10.2. The molecule has 5 nitrogen and oxygen atoms in total. The van der Waals surface area contributed by atoms with Gasteiger partial charge in [0.25, 0.3) is 0 Å². The van der Waals surface area contributed by atoms with Gasteiger partial charge >= 0.3 is 5.97 Å². The van der Waals surface area contributed by atoms with Crippen LogP contribution in [0.4, 0.5) is 5.69 Å². The second-order valence-electron chi connectivity index (χ2n) is 4.41. The van der Waals surface area contributed by atoms with E-state index < -0.39 is 5.97 Å². The molecule has 5 heteroatoms. The van der Waals surface area contributed by atoms with Crippen LogP contribution >= 0.6 is 0 Å². The van der Waals surface area contributed by atoms with E-state index >= 15 is 0 Å². The van der Waals surface area contributed by atoms with Crippen LogP contribution in [-0.2, 0) is 0 Å². The van der Waals surface area contributed by atoms with E-state index in [1.54, 1.807) is 18.2 Å². The van der Waals surface area contributed by atoms with E-state index in [4.69, 9.17) is 5.11 Å². The lowest BCUT2D eigenvalue weighted by atomic mass is 10.2. The Kier molecular flexibility index (Phi) is 4.28. The Morgan fingerprint density at radius 3 is 2.56 bits per heavy atom. The second-order valence-corrected chi connectivity index (χ2v) is 4.41. The molecule has 0 spiro atoms. The van der Waals surface area contributed by atoms with Gasteiger partial charge in [0.15, 0.2) is 0 Å². The fourth-order valence-electron chi connectivity index (χ4n) is 1.96. The zero-order valence-corrected chi connectivity index (χ0v) is 10.2. The molecule has 0 saturated carbocycles. The predicted molar refractivity (Wildman–Crippen MR) is 68.0 cm³/mol. The summed E-state index contributed by atoms with van der Waals surface area (Å²) in [6, 6.07) is 6.52. The summed E-state index contributed by atoms with van der Waals surface area (Å²) in [5, 5.41) is 19.1. The first kappa shape index (κ1) is 12.5. The molecule has 0 aromatic heterocycles. The molecule has 0 amide bonds. The Balaban J connectivity index is 2.03. The lowest BCUT2D eigenvalue weighted by molar-refractivity contribution is 0.0697. The van der Waals surface area contributed by atoms with Crippen molar-refractivity contribution in [2.24, 2.45) is 10.3 Å². The van der Waals surface area contributed by atoms with Crippen LogP contribution in [-0.4, -0.2) is 29.2 Å². The van der Waals surface area contributed by atoms with Gasteiger partial charge in [-0.05, 0) is 31.0 Å². The van der Waals surface area contributed by atoms with Crippen LogP contribution in [0.15, 0.2) is 34.6 Å². The quantitative estimate of drug-likeness (QED) is 0.834. The van der Waals surface area contributed by atoms with Crippen molar-refractivity contribution >= 4 is 11.7 Å². The molecule has 1 aromatic rings. The van der Waals surface area contributed by atoms with E-state index in [2.05, 4.69) is 10.3 Å². The van der Waals surface area contributed by atoms with E-state index in [1.165, 1.54) is 18.9 Å². The minimum atomic E-state index is -0.943. The highest BCUT2D eigenvalue weighted by Crippen LogP contribution is 2.16. The van der Waals surface area contributed by atoms with E-state index in [-0.39, 0.29) is 5.56 Å². The first-order valence-corrected chi connectivity index (χ1v) is 6.26. The van der Waals surface area contributed by atoms with Gasteiger partial charge in [0, 0.05) is 13.1 Å². The molecule has 1 saturated heterocycles. The van der Waals surface area contributed by atoms with Crippen LogP contribution in [0.1, 0.15) is 36.0 Å². The van der Waals surface area contributed by atoms with Crippen molar-refractivity contribution in [1.82, 2.24) is 5.01 Å². The molecular formula is C13H17N3O2. The molecule has 18 heavy (non-hydrogen) atoms. The summed E-state index contributed by atoms with van der Waals surface area (Å²) < 4.78 is 0. The Hall–Kier alpha value is -1.91. The monoisotopic (exact) mass is 247 g/mol. The second kappa shape index (κ2) is 6.14. The molecule has 1 aliphatic rings. The van der Waals surface area contributed by atoms with Crippen LogP contribution in [0, 0.1) is 0 Å².